The Balaban J connectivity index is 1.68. The molecule has 0 radical (unpaired) electrons. The fourth-order valence-corrected chi connectivity index (χ4v) is 6.83. The second-order valence-corrected chi connectivity index (χ2v) is 12.6. The van der Waals surface area contributed by atoms with Crippen molar-refractivity contribution >= 4 is 66.3 Å². The molecule has 3 nitrogen and oxygen atoms in total. The van der Waals surface area contributed by atoms with Gasteiger partial charge in [-0.15, -0.1) is 22.7 Å². The number of rotatable bonds is 9. The zero-order valence-corrected chi connectivity index (χ0v) is 22.1. The number of amides is 2. The highest BCUT2D eigenvalue weighted by atomic mass is 79.9. The molecule has 0 bridgehead atoms. The molecule has 0 unspecified atom stereocenters. The summed E-state index contributed by atoms with van der Waals surface area (Å²) >= 11 is 10.2. The van der Waals surface area contributed by atoms with Crippen LogP contribution in [-0.2, 0) is 0 Å². The molecule has 3 aromatic rings. The Morgan fingerprint density at radius 3 is 1.65 bits per heavy atom. The van der Waals surface area contributed by atoms with Gasteiger partial charge in [0.1, 0.15) is 0 Å². The van der Waals surface area contributed by atoms with Gasteiger partial charge in [-0.1, -0.05) is 51.2 Å². The number of unbranched alkanes of at least 4 members (excludes halogenated alkanes) is 5. The number of carbonyl (C=O) groups excluding carboxylic acids is 2. The van der Waals surface area contributed by atoms with Gasteiger partial charge >= 0.3 is 0 Å². The Morgan fingerprint density at radius 2 is 1.19 bits per heavy atom. The highest BCUT2D eigenvalue weighted by molar-refractivity contribution is 9.11. The normalized spacial score (nSPS) is 13.3. The molecule has 1 aromatic carbocycles. The number of nitrogens with zero attached hydrogens (tertiary/aromatic N) is 1. The van der Waals surface area contributed by atoms with E-state index in [1.54, 1.807) is 22.7 Å². The molecule has 4 rings (SSSR count). The van der Waals surface area contributed by atoms with E-state index in [0.717, 1.165) is 47.7 Å². The van der Waals surface area contributed by atoms with Crippen LogP contribution in [0.25, 0.3) is 20.9 Å². The van der Waals surface area contributed by atoms with Crippen LogP contribution in [0.2, 0.25) is 0 Å². The third-order valence-electron chi connectivity index (χ3n) is 5.54. The van der Waals surface area contributed by atoms with Crippen LogP contribution in [0.4, 0.5) is 0 Å². The van der Waals surface area contributed by atoms with Crippen molar-refractivity contribution in [2.45, 2.75) is 45.4 Å². The maximum atomic E-state index is 13.5. The van der Waals surface area contributed by atoms with E-state index < -0.39 is 0 Å². The molecule has 2 aromatic heterocycles. The largest absolute Gasteiger partial charge is 0.274 e. The second-order valence-electron chi connectivity index (χ2n) is 7.65. The van der Waals surface area contributed by atoms with Crippen LogP contribution in [0.3, 0.4) is 0 Å². The molecule has 1 aliphatic rings. The van der Waals surface area contributed by atoms with Crippen molar-refractivity contribution in [3.05, 3.63) is 55.1 Å². The highest BCUT2D eigenvalue weighted by Crippen LogP contribution is 2.43. The van der Waals surface area contributed by atoms with Gasteiger partial charge in [0.25, 0.3) is 11.8 Å². The molecule has 31 heavy (non-hydrogen) atoms. The van der Waals surface area contributed by atoms with Gasteiger partial charge in [-0.25, -0.2) is 0 Å². The summed E-state index contributed by atoms with van der Waals surface area (Å²) in [7, 11) is 0. The van der Waals surface area contributed by atoms with E-state index in [4.69, 9.17) is 0 Å². The summed E-state index contributed by atoms with van der Waals surface area (Å²) in [6.07, 6.45) is 6.72. The van der Waals surface area contributed by atoms with Gasteiger partial charge in [-0.2, -0.15) is 0 Å². The van der Waals surface area contributed by atoms with Crippen LogP contribution in [0, 0.1) is 0 Å². The molecule has 2 amide bonds. The van der Waals surface area contributed by atoms with Crippen molar-refractivity contribution in [2.75, 3.05) is 6.54 Å². The first kappa shape index (κ1) is 22.9. The zero-order chi connectivity index (χ0) is 22.0. The Bertz CT molecular complexity index is 1040. The van der Waals surface area contributed by atoms with Crippen molar-refractivity contribution in [3.8, 4) is 20.9 Å². The SMILES string of the molecule is CCCCCCCCN1C(=O)c2c(-c3ccc(Br)s3)ccc(-c3ccc(Br)s3)c2C1=O. The maximum absolute atomic E-state index is 13.5. The van der Waals surface area contributed by atoms with E-state index >= 15 is 0 Å². The minimum Gasteiger partial charge on any atom is -0.274 e. The number of hydrogen-bond acceptors (Lipinski definition) is 4. The van der Waals surface area contributed by atoms with Crippen LogP contribution in [-0.4, -0.2) is 23.3 Å². The van der Waals surface area contributed by atoms with E-state index in [1.165, 1.54) is 24.2 Å². The van der Waals surface area contributed by atoms with Crippen LogP contribution < -0.4 is 0 Å². The molecule has 7 heteroatoms. The van der Waals surface area contributed by atoms with Gasteiger partial charge in [-0.05, 0) is 62.5 Å². The van der Waals surface area contributed by atoms with Crippen molar-refractivity contribution in [3.63, 3.8) is 0 Å². The second kappa shape index (κ2) is 10.1. The smallest absolute Gasteiger partial charge is 0.262 e. The summed E-state index contributed by atoms with van der Waals surface area (Å²) in [6.45, 7) is 2.69. The minimum absolute atomic E-state index is 0.162. The van der Waals surface area contributed by atoms with Gasteiger partial charge in [0, 0.05) is 27.4 Å². The summed E-state index contributed by atoms with van der Waals surface area (Å²) in [4.78, 5) is 30.4. The molecular weight excluding hydrogens is 558 g/mol. The van der Waals surface area contributed by atoms with Gasteiger partial charge in [0.2, 0.25) is 0 Å². The molecule has 0 atom stereocenters. The van der Waals surface area contributed by atoms with Crippen LogP contribution in [0.15, 0.2) is 44.0 Å². The Hall–Kier alpha value is -1.28. The summed E-state index contributed by atoms with van der Waals surface area (Å²) in [5, 5.41) is 0. The summed E-state index contributed by atoms with van der Waals surface area (Å²) in [5.74, 6) is -0.323. The van der Waals surface area contributed by atoms with Gasteiger partial charge in [0.15, 0.2) is 0 Å². The number of halogens is 2. The monoisotopic (exact) mass is 579 g/mol. The van der Waals surface area contributed by atoms with E-state index in [9.17, 15) is 9.59 Å². The first-order valence-electron chi connectivity index (χ1n) is 10.6. The molecular formula is C24H23Br2NO2S2. The minimum atomic E-state index is -0.162. The summed E-state index contributed by atoms with van der Waals surface area (Å²) < 4.78 is 2.01. The highest BCUT2D eigenvalue weighted by Gasteiger charge is 2.39. The molecule has 0 N–H and O–H groups in total. The van der Waals surface area contributed by atoms with Crippen molar-refractivity contribution in [1.82, 2.24) is 4.90 Å². The predicted octanol–water partition coefficient (Wildman–Crippen LogP) is 8.63. The molecule has 0 fully saturated rings. The quantitative estimate of drug-likeness (QED) is 0.188. The third kappa shape index (κ3) is 4.75. The van der Waals surface area contributed by atoms with Crippen LogP contribution >= 0.6 is 54.5 Å². The molecule has 3 heterocycles. The molecule has 0 aliphatic carbocycles. The van der Waals surface area contributed by atoms with Crippen molar-refractivity contribution in [1.29, 1.82) is 0 Å². The van der Waals surface area contributed by atoms with E-state index in [0.29, 0.717) is 17.7 Å². The first-order valence-corrected chi connectivity index (χ1v) is 13.8. The lowest BCUT2D eigenvalue weighted by atomic mass is 9.96. The fourth-order valence-electron chi connectivity index (χ4n) is 3.99. The topological polar surface area (TPSA) is 37.4 Å². The summed E-state index contributed by atoms with van der Waals surface area (Å²) in [6, 6.07) is 11.9. The number of thiophene rings is 2. The zero-order valence-electron chi connectivity index (χ0n) is 17.2. The first-order chi connectivity index (χ1) is 15.0. The maximum Gasteiger partial charge on any atom is 0.262 e. The molecule has 162 valence electrons. The van der Waals surface area contributed by atoms with Gasteiger partial charge < -0.3 is 0 Å². The van der Waals surface area contributed by atoms with E-state index in [2.05, 4.69) is 38.8 Å². The van der Waals surface area contributed by atoms with Gasteiger partial charge in [0.05, 0.1) is 18.7 Å². The standard InChI is InChI=1S/C24H23Br2NO2S2/c1-2-3-4-5-6-7-14-27-23(28)21-15(17-10-12-19(25)30-17)8-9-16(22(21)24(27)29)18-11-13-20(26)31-18/h8-13H,2-7,14H2,1H3. The molecule has 1 aliphatic heterocycles. The van der Waals surface area contributed by atoms with Crippen LogP contribution in [0.1, 0.15) is 66.2 Å². The Kier molecular flexibility index (Phi) is 7.47. The fraction of sp³-hybridized carbons (Fsp3) is 0.333. The summed E-state index contributed by atoms with van der Waals surface area (Å²) in [5.41, 5.74) is 2.78. The number of hydrogen-bond donors (Lipinski definition) is 0. The lowest BCUT2D eigenvalue weighted by Gasteiger charge is -2.13. The van der Waals surface area contributed by atoms with Crippen LogP contribution in [0.5, 0.6) is 0 Å². The van der Waals surface area contributed by atoms with E-state index in [-0.39, 0.29) is 11.8 Å². The Morgan fingerprint density at radius 1 is 0.710 bits per heavy atom. The average Bonchev–Trinajstić information content (AvgIpc) is 3.44. The number of fused-ring (bicyclic) bond motifs is 1. The molecule has 0 saturated carbocycles. The lowest BCUT2D eigenvalue weighted by Crippen LogP contribution is -2.30. The Labute approximate surface area is 207 Å². The van der Waals surface area contributed by atoms with Crippen molar-refractivity contribution in [2.24, 2.45) is 0 Å². The number of imide groups is 1. The van der Waals surface area contributed by atoms with Crippen molar-refractivity contribution < 1.29 is 9.59 Å². The lowest BCUT2D eigenvalue weighted by molar-refractivity contribution is 0.0652. The van der Waals surface area contributed by atoms with E-state index in [1.807, 2.05) is 36.4 Å². The predicted molar refractivity (Wildman–Crippen MR) is 137 cm³/mol. The molecule has 0 spiro atoms. The molecule has 0 saturated heterocycles. The number of benzene rings is 1. The number of carbonyl (C=O) groups is 2. The van der Waals surface area contributed by atoms with Gasteiger partial charge in [-0.3, -0.25) is 14.5 Å². The third-order valence-corrected chi connectivity index (χ3v) is 8.85. The average molecular weight is 581 g/mol.